The van der Waals surface area contributed by atoms with Crippen molar-refractivity contribution in [1.82, 2.24) is 0 Å². The second kappa shape index (κ2) is 8.41. The minimum atomic E-state index is -2.41. The van der Waals surface area contributed by atoms with E-state index < -0.39 is 52.8 Å². The van der Waals surface area contributed by atoms with Gasteiger partial charge >= 0.3 is 5.97 Å². The van der Waals surface area contributed by atoms with Gasteiger partial charge in [0.05, 0.1) is 12.0 Å². The van der Waals surface area contributed by atoms with E-state index >= 15 is 0 Å². The molecule has 5 rings (SSSR count). The van der Waals surface area contributed by atoms with Gasteiger partial charge in [0.15, 0.2) is 0 Å². The van der Waals surface area contributed by atoms with Crippen molar-refractivity contribution < 1.29 is 33.4 Å². The number of carboxylic acid groups (broad SMARTS) is 1. The number of anilines is 1. The summed E-state index contributed by atoms with van der Waals surface area (Å²) in [5.41, 5.74) is -1.75. The number of aliphatic carboxylic acids is 1. The summed E-state index contributed by atoms with van der Waals surface area (Å²) in [6.07, 6.45) is -1.25. The van der Waals surface area contributed by atoms with E-state index in [9.17, 15) is 28.7 Å². The van der Waals surface area contributed by atoms with Crippen LogP contribution < -0.4 is 5.32 Å². The Morgan fingerprint density at radius 2 is 1.49 bits per heavy atom. The summed E-state index contributed by atoms with van der Waals surface area (Å²) in [5.74, 6) is -7.75. The Hall–Kier alpha value is -3.88. The third-order valence-corrected chi connectivity index (χ3v) is 6.66. The van der Waals surface area contributed by atoms with Gasteiger partial charge in [0.1, 0.15) is 11.7 Å². The van der Waals surface area contributed by atoms with Crippen molar-refractivity contribution in [2.45, 2.75) is 11.7 Å². The van der Waals surface area contributed by atoms with Crippen LogP contribution in [0.25, 0.3) is 0 Å². The first-order valence-corrected chi connectivity index (χ1v) is 11.0. The molecule has 1 aliphatic heterocycles. The van der Waals surface area contributed by atoms with E-state index in [2.05, 4.69) is 5.32 Å². The summed E-state index contributed by atoms with van der Waals surface area (Å²) in [6.45, 7) is 0. The number of carbonyl (C=O) groups is 4. The van der Waals surface area contributed by atoms with E-state index in [-0.39, 0.29) is 16.8 Å². The number of hydrogen-bond acceptors (Lipinski definition) is 5. The quantitative estimate of drug-likeness (QED) is 0.524. The van der Waals surface area contributed by atoms with Crippen molar-refractivity contribution in [3.8, 4) is 0 Å². The molecule has 3 aromatic carbocycles. The van der Waals surface area contributed by atoms with Gasteiger partial charge in [-0.05, 0) is 42.0 Å². The lowest BCUT2D eigenvalue weighted by Gasteiger charge is -2.25. The molecule has 176 valence electrons. The molecule has 1 aliphatic carbocycles. The number of fused-ring (bicyclic) bond motifs is 1. The highest BCUT2D eigenvalue weighted by Crippen LogP contribution is 2.54. The van der Waals surface area contributed by atoms with Crippen LogP contribution in [0.2, 0.25) is 5.02 Å². The average molecular weight is 494 g/mol. The second-order valence-corrected chi connectivity index (χ2v) is 8.80. The predicted molar refractivity (Wildman–Crippen MR) is 123 cm³/mol. The molecular formula is C26H17ClFNO6. The van der Waals surface area contributed by atoms with E-state index in [1.807, 2.05) is 0 Å². The van der Waals surface area contributed by atoms with Crippen LogP contribution in [0, 0.1) is 17.7 Å². The highest BCUT2D eigenvalue weighted by molar-refractivity contribution is 6.34. The maximum Gasteiger partial charge on any atom is 0.311 e. The van der Waals surface area contributed by atoms with E-state index in [0.717, 1.165) is 12.1 Å². The average Bonchev–Trinajstić information content (AvgIpc) is 3.31. The number of ketones is 2. The Bertz CT molecular complexity index is 1340. The molecule has 3 atom stereocenters. The zero-order valence-corrected chi connectivity index (χ0v) is 18.7. The summed E-state index contributed by atoms with van der Waals surface area (Å²) < 4.78 is 19.4. The number of amides is 1. The van der Waals surface area contributed by atoms with Crippen molar-refractivity contribution in [2.75, 3.05) is 5.32 Å². The lowest BCUT2D eigenvalue weighted by Crippen LogP contribution is -2.52. The lowest BCUT2D eigenvalue weighted by atomic mass is 9.75. The zero-order valence-electron chi connectivity index (χ0n) is 17.9. The number of nitrogens with one attached hydrogen (secondary N) is 1. The third kappa shape index (κ3) is 3.53. The third-order valence-electron chi connectivity index (χ3n) is 6.41. The van der Waals surface area contributed by atoms with Gasteiger partial charge in [-0.3, -0.25) is 19.2 Å². The molecule has 35 heavy (non-hydrogen) atoms. The van der Waals surface area contributed by atoms with Gasteiger partial charge in [-0.15, -0.1) is 0 Å². The number of Topliss-reactive ketones (excluding diaryl/α,β-unsaturated/α-hetero) is 2. The summed E-state index contributed by atoms with van der Waals surface area (Å²) in [6, 6.07) is 17.0. The molecule has 3 unspecified atom stereocenters. The van der Waals surface area contributed by atoms with Crippen LogP contribution in [-0.2, 0) is 14.3 Å². The Morgan fingerprint density at radius 1 is 0.914 bits per heavy atom. The smallest absolute Gasteiger partial charge is 0.311 e. The second-order valence-electron chi connectivity index (χ2n) is 8.37. The number of halogens is 2. The summed E-state index contributed by atoms with van der Waals surface area (Å²) in [4.78, 5) is 53.2. The first-order valence-electron chi connectivity index (χ1n) is 10.6. The van der Waals surface area contributed by atoms with Gasteiger partial charge in [0.2, 0.25) is 23.1 Å². The van der Waals surface area contributed by atoms with Gasteiger partial charge in [0, 0.05) is 21.8 Å². The first kappa shape index (κ1) is 22.9. The van der Waals surface area contributed by atoms with E-state index in [0.29, 0.717) is 10.6 Å². The van der Waals surface area contributed by atoms with Gasteiger partial charge in [-0.2, -0.15) is 0 Å². The molecule has 1 saturated heterocycles. The van der Waals surface area contributed by atoms with E-state index in [1.54, 1.807) is 24.3 Å². The minimum Gasteiger partial charge on any atom is -0.481 e. The normalized spacial score (nSPS) is 22.3. The van der Waals surface area contributed by atoms with Crippen LogP contribution in [0.5, 0.6) is 0 Å². The molecule has 2 aliphatic rings. The molecule has 1 amide bonds. The lowest BCUT2D eigenvalue weighted by molar-refractivity contribution is -0.147. The Labute approximate surface area is 203 Å². The number of rotatable bonds is 4. The molecule has 0 bridgehead atoms. The fourth-order valence-electron chi connectivity index (χ4n) is 4.85. The molecule has 1 fully saturated rings. The molecule has 7 nitrogen and oxygen atoms in total. The monoisotopic (exact) mass is 493 g/mol. The molecule has 2 N–H and O–H groups in total. The van der Waals surface area contributed by atoms with Crippen LogP contribution in [0.15, 0.2) is 72.8 Å². The summed E-state index contributed by atoms with van der Waals surface area (Å²) in [7, 11) is 0. The van der Waals surface area contributed by atoms with Gasteiger partial charge in [-0.25, -0.2) is 4.39 Å². The zero-order chi connectivity index (χ0) is 24.9. The number of carboxylic acids is 1. The Morgan fingerprint density at radius 3 is 2.03 bits per heavy atom. The SMILES string of the molecule is O=C(Nc1ccc(F)cc1)C1C(c2ccc(Cl)cc2)OC2(C(=O)c3ccccc3C2=O)C1C(=O)O. The number of hydrogen-bond donors (Lipinski definition) is 2. The molecule has 0 aromatic heterocycles. The topological polar surface area (TPSA) is 110 Å². The van der Waals surface area contributed by atoms with Crippen LogP contribution in [0.1, 0.15) is 32.4 Å². The van der Waals surface area contributed by atoms with Gasteiger partial charge in [0.25, 0.3) is 0 Å². The highest BCUT2D eigenvalue weighted by Gasteiger charge is 2.71. The Kier molecular flexibility index (Phi) is 5.50. The number of carbonyl (C=O) groups excluding carboxylic acids is 3. The van der Waals surface area contributed by atoms with Crippen LogP contribution >= 0.6 is 11.6 Å². The first-order chi connectivity index (χ1) is 16.7. The van der Waals surface area contributed by atoms with Gasteiger partial charge in [-0.1, -0.05) is 48.0 Å². The molecular weight excluding hydrogens is 477 g/mol. The van der Waals surface area contributed by atoms with Crippen molar-refractivity contribution in [1.29, 1.82) is 0 Å². The molecule has 1 spiro atoms. The number of benzene rings is 3. The maximum absolute atomic E-state index is 13.5. The van der Waals surface area contributed by atoms with Gasteiger partial charge < -0.3 is 15.2 Å². The van der Waals surface area contributed by atoms with Crippen LogP contribution in [0.4, 0.5) is 10.1 Å². The van der Waals surface area contributed by atoms with Crippen molar-refractivity contribution in [2.24, 2.45) is 11.8 Å². The fourth-order valence-corrected chi connectivity index (χ4v) is 4.98. The largest absolute Gasteiger partial charge is 0.481 e. The summed E-state index contributed by atoms with van der Waals surface area (Å²) in [5, 5.41) is 13.2. The summed E-state index contributed by atoms with van der Waals surface area (Å²) >= 11 is 5.99. The molecule has 3 aromatic rings. The molecule has 0 radical (unpaired) electrons. The van der Waals surface area contributed by atoms with Crippen molar-refractivity contribution >= 4 is 40.7 Å². The van der Waals surface area contributed by atoms with Crippen LogP contribution in [0.3, 0.4) is 0 Å². The highest BCUT2D eigenvalue weighted by atomic mass is 35.5. The number of ether oxygens (including phenoxy) is 1. The van der Waals surface area contributed by atoms with Crippen molar-refractivity contribution in [3.05, 3.63) is 100 Å². The standard InChI is InChI=1S/C26H17ClFNO6/c27-14-7-5-13(6-8-14)21-19(24(32)29-16-11-9-15(28)10-12-16)20(25(33)34)26(35-21)22(30)17-3-1-2-4-18(17)23(26)31/h1-12,19-21H,(H,29,32)(H,33,34). The Balaban J connectivity index is 1.64. The fraction of sp³-hybridized carbons (Fsp3) is 0.154. The maximum atomic E-state index is 13.5. The molecule has 0 saturated carbocycles. The predicted octanol–water partition coefficient (Wildman–Crippen LogP) is 4.32. The van der Waals surface area contributed by atoms with Crippen molar-refractivity contribution in [3.63, 3.8) is 0 Å². The minimum absolute atomic E-state index is 0.0400. The molecule has 9 heteroatoms. The molecule has 1 heterocycles. The van der Waals surface area contributed by atoms with E-state index in [1.165, 1.54) is 36.4 Å². The van der Waals surface area contributed by atoms with E-state index in [4.69, 9.17) is 16.3 Å². The van der Waals surface area contributed by atoms with Crippen LogP contribution in [-0.4, -0.2) is 34.2 Å².